The van der Waals surface area contributed by atoms with E-state index in [0.29, 0.717) is 23.1 Å². The Kier molecular flexibility index (Phi) is 5.27. The molecule has 0 fully saturated rings. The second-order valence-electron chi connectivity index (χ2n) is 7.25. The number of carbonyl (C=O) groups excluding carboxylic acids is 2. The average molecular weight is 396 g/mol. The van der Waals surface area contributed by atoms with Gasteiger partial charge in [0.1, 0.15) is 6.04 Å². The molecule has 3 aromatic rings. The van der Waals surface area contributed by atoms with Crippen LogP contribution in [-0.4, -0.2) is 21.7 Å². The summed E-state index contributed by atoms with van der Waals surface area (Å²) in [7, 11) is 0. The first-order valence-electron chi connectivity index (χ1n) is 9.70. The van der Waals surface area contributed by atoms with E-state index in [9.17, 15) is 14.9 Å². The van der Waals surface area contributed by atoms with Crippen molar-refractivity contribution in [2.75, 3.05) is 0 Å². The molecular formula is C24H20N4O2. The third-order valence-electron chi connectivity index (χ3n) is 5.46. The van der Waals surface area contributed by atoms with E-state index in [-0.39, 0.29) is 11.9 Å². The average Bonchev–Trinajstić information content (AvgIpc) is 3.20. The molecule has 4 rings (SSSR count). The van der Waals surface area contributed by atoms with Crippen LogP contribution in [0.5, 0.6) is 0 Å². The van der Waals surface area contributed by atoms with Crippen LogP contribution in [-0.2, 0) is 11.2 Å². The van der Waals surface area contributed by atoms with E-state index >= 15 is 0 Å². The second kappa shape index (κ2) is 8.18. The summed E-state index contributed by atoms with van der Waals surface area (Å²) in [5.41, 5.74) is 9.31. The number of primary amides is 1. The molecule has 0 unspecified atom stereocenters. The van der Waals surface area contributed by atoms with Gasteiger partial charge in [-0.25, -0.2) is 0 Å². The summed E-state index contributed by atoms with van der Waals surface area (Å²) in [6.45, 7) is 0. The molecule has 30 heavy (non-hydrogen) atoms. The lowest BCUT2D eigenvalue weighted by Crippen LogP contribution is -2.43. The molecule has 0 saturated heterocycles. The lowest BCUT2D eigenvalue weighted by atomic mass is 9.98. The maximum Gasteiger partial charge on any atom is 0.255 e. The molecule has 2 atom stereocenters. The van der Waals surface area contributed by atoms with E-state index in [0.717, 1.165) is 17.5 Å². The third-order valence-corrected chi connectivity index (χ3v) is 5.46. The van der Waals surface area contributed by atoms with E-state index in [1.165, 1.54) is 0 Å². The Morgan fingerprint density at radius 1 is 1.13 bits per heavy atom. The van der Waals surface area contributed by atoms with Crippen LogP contribution in [0, 0.1) is 11.3 Å². The van der Waals surface area contributed by atoms with Crippen molar-refractivity contribution in [2.45, 2.75) is 24.9 Å². The van der Waals surface area contributed by atoms with Gasteiger partial charge in [-0.05, 0) is 54.3 Å². The second-order valence-corrected chi connectivity index (χ2v) is 7.25. The lowest BCUT2D eigenvalue weighted by Gasteiger charge is -2.35. The van der Waals surface area contributed by atoms with Crippen molar-refractivity contribution in [3.63, 3.8) is 0 Å². The highest BCUT2D eigenvalue weighted by atomic mass is 16.2. The molecule has 1 heterocycles. The third kappa shape index (κ3) is 3.53. The minimum Gasteiger partial charge on any atom is -0.368 e. The summed E-state index contributed by atoms with van der Waals surface area (Å²) in [4.78, 5) is 31.9. The first-order valence-corrected chi connectivity index (χ1v) is 9.70. The molecular weight excluding hydrogens is 376 g/mol. The highest BCUT2D eigenvalue weighted by molar-refractivity contribution is 5.98. The molecule has 0 spiro atoms. The molecule has 0 saturated carbocycles. The van der Waals surface area contributed by atoms with Gasteiger partial charge in [0, 0.05) is 23.5 Å². The molecule has 6 heteroatoms. The van der Waals surface area contributed by atoms with Crippen molar-refractivity contribution in [1.29, 1.82) is 5.26 Å². The Morgan fingerprint density at radius 2 is 1.93 bits per heavy atom. The molecule has 0 aliphatic heterocycles. The van der Waals surface area contributed by atoms with Gasteiger partial charge >= 0.3 is 0 Å². The van der Waals surface area contributed by atoms with Gasteiger partial charge in [0.2, 0.25) is 5.91 Å². The highest BCUT2D eigenvalue weighted by Crippen LogP contribution is 2.41. The van der Waals surface area contributed by atoms with Crippen molar-refractivity contribution in [1.82, 2.24) is 9.88 Å². The smallest absolute Gasteiger partial charge is 0.255 e. The van der Waals surface area contributed by atoms with E-state index in [2.05, 4.69) is 11.1 Å². The van der Waals surface area contributed by atoms with Gasteiger partial charge in [-0.15, -0.1) is 0 Å². The molecule has 6 nitrogen and oxygen atoms in total. The van der Waals surface area contributed by atoms with Gasteiger partial charge in [0.05, 0.1) is 17.7 Å². The quantitative estimate of drug-likeness (QED) is 0.715. The molecule has 1 aliphatic rings. The first kappa shape index (κ1) is 19.3. The number of amides is 2. The number of aromatic nitrogens is 1. The minimum atomic E-state index is -0.979. The SMILES string of the molecule is N#Cc1ccc2c(c1)[C@H](N(C(=O)c1ccccc1)[C@H](C(N)=O)c1cccnc1)CC2. The molecule has 1 aliphatic carbocycles. The maximum atomic E-state index is 13.6. The van der Waals surface area contributed by atoms with E-state index < -0.39 is 11.9 Å². The zero-order valence-corrected chi connectivity index (χ0v) is 16.2. The lowest BCUT2D eigenvalue weighted by molar-refractivity contribution is -0.123. The number of hydrogen-bond donors (Lipinski definition) is 1. The Morgan fingerprint density at radius 3 is 2.60 bits per heavy atom. The molecule has 1 aromatic heterocycles. The molecule has 0 bridgehead atoms. The summed E-state index contributed by atoms with van der Waals surface area (Å²) < 4.78 is 0. The number of fused-ring (bicyclic) bond motifs is 1. The predicted molar refractivity (Wildman–Crippen MR) is 111 cm³/mol. The Labute approximate surface area is 174 Å². The van der Waals surface area contributed by atoms with Crippen LogP contribution < -0.4 is 5.73 Å². The number of carbonyl (C=O) groups is 2. The minimum absolute atomic E-state index is 0.288. The number of rotatable bonds is 5. The Bertz CT molecular complexity index is 1120. The Balaban J connectivity index is 1.87. The van der Waals surface area contributed by atoms with E-state index in [4.69, 9.17) is 5.73 Å². The van der Waals surface area contributed by atoms with Gasteiger partial charge in [0.25, 0.3) is 5.91 Å². The fourth-order valence-corrected chi connectivity index (χ4v) is 4.11. The number of pyridine rings is 1. The van der Waals surface area contributed by atoms with E-state index in [1.54, 1.807) is 65.8 Å². The first-order chi connectivity index (χ1) is 14.6. The van der Waals surface area contributed by atoms with Crippen LogP contribution in [0.1, 0.15) is 51.1 Å². The van der Waals surface area contributed by atoms with Gasteiger partial charge < -0.3 is 10.6 Å². The largest absolute Gasteiger partial charge is 0.368 e. The molecule has 148 valence electrons. The van der Waals surface area contributed by atoms with E-state index in [1.807, 2.05) is 12.1 Å². The number of nitriles is 1. The van der Waals surface area contributed by atoms with Gasteiger partial charge in [-0.2, -0.15) is 5.26 Å². The number of nitrogens with two attached hydrogens (primary N) is 1. The van der Waals surface area contributed by atoms with Crippen molar-refractivity contribution < 1.29 is 9.59 Å². The van der Waals surface area contributed by atoms with Crippen LogP contribution in [0.2, 0.25) is 0 Å². The van der Waals surface area contributed by atoms with Crippen molar-refractivity contribution >= 4 is 11.8 Å². The standard InChI is InChI=1S/C24H20N4O2/c25-14-16-8-9-17-10-11-21(20(17)13-16)28(24(30)18-5-2-1-3-6-18)22(23(26)29)19-7-4-12-27-15-19/h1-9,12-13,15,21-22H,10-11H2,(H2,26,29)/t21-,22+/m1/s1. The maximum absolute atomic E-state index is 13.6. The van der Waals surface area contributed by atoms with Gasteiger partial charge in [-0.3, -0.25) is 14.6 Å². The van der Waals surface area contributed by atoms with Crippen LogP contribution in [0.4, 0.5) is 0 Å². The number of nitrogens with zero attached hydrogens (tertiary/aromatic N) is 3. The fourth-order valence-electron chi connectivity index (χ4n) is 4.11. The Hall–Kier alpha value is -3.98. The number of hydrogen-bond acceptors (Lipinski definition) is 4. The molecule has 0 radical (unpaired) electrons. The zero-order valence-electron chi connectivity index (χ0n) is 16.2. The summed E-state index contributed by atoms with van der Waals surface area (Å²) in [5.74, 6) is -0.916. The van der Waals surface area contributed by atoms with Crippen LogP contribution in [0.25, 0.3) is 0 Å². The molecule has 2 aromatic carbocycles. The summed E-state index contributed by atoms with van der Waals surface area (Å²) in [5, 5.41) is 9.34. The summed E-state index contributed by atoms with van der Waals surface area (Å²) in [6.07, 6.45) is 4.56. The van der Waals surface area contributed by atoms with Crippen LogP contribution >= 0.6 is 0 Å². The van der Waals surface area contributed by atoms with Gasteiger partial charge in [-0.1, -0.05) is 30.3 Å². The topological polar surface area (TPSA) is 100 Å². The molecule has 2 N–H and O–H groups in total. The fraction of sp³-hybridized carbons (Fsp3) is 0.167. The normalized spacial score (nSPS) is 15.6. The van der Waals surface area contributed by atoms with Crippen LogP contribution in [0.15, 0.2) is 73.1 Å². The summed E-state index contributed by atoms with van der Waals surface area (Å²) >= 11 is 0. The zero-order chi connectivity index (χ0) is 21.1. The number of benzene rings is 2. The molecule has 2 amide bonds. The highest BCUT2D eigenvalue weighted by Gasteiger charge is 2.39. The van der Waals surface area contributed by atoms with Crippen molar-refractivity contribution in [3.05, 3.63) is 101 Å². The summed E-state index contributed by atoms with van der Waals surface area (Å²) in [6, 6.07) is 18.6. The van der Waals surface area contributed by atoms with Crippen molar-refractivity contribution in [3.8, 4) is 6.07 Å². The van der Waals surface area contributed by atoms with Gasteiger partial charge in [0.15, 0.2) is 0 Å². The number of aryl methyl sites for hydroxylation is 1. The van der Waals surface area contributed by atoms with Crippen LogP contribution in [0.3, 0.4) is 0 Å². The van der Waals surface area contributed by atoms with Crippen molar-refractivity contribution in [2.24, 2.45) is 5.73 Å². The predicted octanol–water partition coefficient (Wildman–Crippen LogP) is 3.31. The monoisotopic (exact) mass is 396 g/mol.